The van der Waals surface area contributed by atoms with Crippen LogP contribution in [0.15, 0.2) is 83.9 Å². The molecule has 0 aliphatic rings. The second-order valence-corrected chi connectivity index (χ2v) is 7.93. The average molecular weight is 378 g/mol. The summed E-state index contributed by atoms with van der Waals surface area (Å²) >= 11 is 8.16. The van der Waals surface area contributed by atoms with Crippen LogP contribution in [-0.2, 0) is 12.3 Å². The summed E-state index contributed by atoms with van der Waals surface area (Å²) in [6, 6.07) is 25.5. The zero-order chi connectivity index (χ0) is 17.9. The van der Waals surface area contributed by atoms with E-state index in [9.17, 15) is 0 Å². The molecule has 4 rings (SSSR count). The van der Waals surface area contributed by atoms with Crippen molar-refractivity contribution in [2.45, 2.75) is 24.1 Å². The number of para-hydroxylation sites is 1. The smallest absolute Gasteiger partial charge is 0.0495 e. The number of aromatic nitrogens is 1. The fourth-order valence-corrected chi connectivity index (χ4v) is 4.49. The molecule has 0 atom stereocenters. The summed E-state index contributed by atoms with van der Waals surface area (Å²) in [6.45, 7) is 3.01. The molecule has 0 fully saturated rings. The fraction of sp³-hybridized carbons (Fsp3) is 0.130. The molecule has 3 heteroatoms. The number of nitrogens with zero attached hydrogens (tertiary/aromatic N) is 1. The molecule has 130 valence electrons. The maximum Gasteiger partial charge on any atom is 0.0495 e. The van der Waals surface area contributed by atoms with Crippen LogP contribution in [0.2, 0.25) is 5.02 Å². The SMILES string of the molecule is Cc1ccc(Cn2cc(SCc3ccccc3Cl)c3ccccc32)cc1. The van der Waals surface area contributed by atoms with Crippen LogP contribution in [0.3, 0.4) is 0 Å². The second-order valence-electron chi connectivity index (χ2n) is 6.50. The van der Waals surface area contributed by atoms with Gasteiger partial charge in [0.25, 0.3) is 0 Å². The van der Waals surface area contributed by atoms with Gasteiger partial charge in [0.05, 0.1) is 0 Å². The van der Waals surface area contributed by atoms with E-state index in [2.05, 4.69) is 72.3 Å². The lowest BCUT2D eigenvalue weighted by molar-refractivity contribution is 0.829. The topological polar surface area (TPSA) is 4.93 Å². The third-order valence-electron chi connectivity index (χ3n) is 4.57. The number of hydrogen-bond acceptors (Lipinski definition) is 1. The van der Waals surface area contributed by atoms with Gasteiger partial charge in [-0.3, -0.25) is 0 Å². The van der Waals surface area contributed by atoms with E-state index in [4.69, 9.17) is 11.6 Å². The number of halogens is 1. The molecule has 4 aromatic rings. The molecule has 1 nitrogen and oxygen atoms in total. The Kier molecular flexibility index (Phi) is 5.05. The van der Waals surface area contributed by atoms with Crippen LogP contribution >= 0.6 is 23.4 Å². The summed E-state index contributed by atoms with van der Waals surface area (Å²) in [6.07, 6.45) is 2.27. The Morgan fingerprint density at radius 2 is 1.62 bits per heavy atom. The summed E-state index contributed by atoms with van der Waals surface area (Å²) in [5, 5.41) is 2.14. The molecular formula is C23H20ClNS. The highest BCUT2D eigenvalue weighted by Crippen LogP contribution is 2.33. The molecule has 0 aliphatic carbocycles. The molecule has 0 N–H and O–H groups in total. The molecule has 0 radical (unpaired) electrons. The maximum atomic E-state index is 6.32. The minimum Gasteiger partial charge on any atom is -0.342 e. The van der Waals surface area contributed by atoms with E-state index in [-0.39, 0.29) is 0 Å². The van der Waals surface area contributed by atoms with Gasteiger partial charge >= 0.3 is 0 Å². The first kappa shape index (κ1) is 17.3. The standard InChI is InChI=1S/C23H20ClNS/c1-17-10-12-18(13-11-17)14-25-15-23(20-7-3-5-9-22(20)25)26-16-19-6-2-4-8-21(19)24/h2-13,15H,14,16H2,1H3. The van der Waals surface area contributed by atoms with Gasteiger partial charge in [0, 0.05) is 39.3 Å². The zero-order valence-electron chi connectivity index (χ0n) is 14.7. The molecular weight excluding hydrogens is 358 g/mol. The van der Waals surface area contributed by atoms with E-state index in [0.717, 1.165) is 17.3 Å². The first-order valence-corrected chi connectivity index (χ1v) is 10.1. The highest BCUT2D eigenvalue weighted by atomic mass is 35.5. The van der Waals surface area contributed by atoms with Crippen molar-refractivity contribution in [3.63, 3.8) is 0 Å². The van der Waals surface area contributed by atoms with Crippen LogP contribution in [0.1, 0.15) is 16.7 Å². The number of thioether (sulfide) groups is 1. The largest absolute Gasteiger partial charge is 0.342 e. The molecule has 0 amide bonds. The highest BCUT2D eigenvalue weighted by molar-refractivity contribution is 7.98. The lowest BCUT2D eigenvalue weighted by Crippen LogP contribution is -1.97. The molecule has 0 bridgehead atoms. The van der Waals surface area contributed by atoms with Crippen molar-refractivity contribution in [2.75, 3.05) is 0 Å². The minimum atomic E-state index is 0.836. The lowest BCUT2D eigenvalue weighted by Gasteiger charge is -2.06. The molecule has 1 aromatic heterocycles. The molecule has 0 spiro atoms. The van der Waals surface area contributed by atoms with E-state index in [1.54, 1.807) is 0 Å². The first-order chi connectivity index (χ1) is 12.7. The van der Waals surface area contributed by atoms with Crippen LogP contribution in [0.4, 0.5) is 0 Å². The predicted molar refractivity (Wildman–Crippen MR) is 113 cm³/mol. The van der Waals surface area contributed by atoms with Crippen LogP contribution in [-0.4, -0.2) is 4.57 Å². The van der Waals surface area contributed by atoms with Crippen LogP contribution in [0.25, 0.3) is 10.9 Å². The third-order valence-corrected chi connectivity index (χ3v) is 6.03. The van der Waals surface area contributed by atoms with Crippen molar-refractivity contribution in [3.8, 4) is 0 Å². The molecule has 0 unspecified atom stereocenters. The lowest BCUT2D eigenvalue weighted by atomic mass is 10.1. The van der Waals surface area contributed by atoms with Gasteiger partial charge in [0.1, 0.15) is 0 Å². The molecule has 0 saturated carbocycles. The summed E-state index contributed by atoms with van der Waals surface area (Å²) in [5.74, 6) is 0.873. The summed E-state index contributed by atoms with van der Waals surface area (Å²) < 4.78 is 2.34. The van der Waals surface area contributed by atoms with E-state index >= 15 is 0 Å². The number of aryl methyl sites for hydroxylation is 1. The molecule has 1 heterocycles. The van der Waals surface area contributed by atoms with Gasteiger partial charge in [0.2, 0.25) is 0 Å². The van der Waals surface area contributed by atoms with E-state index in [1.165, 1.54) is 32.5 Å². The van der Waals surface area contributed by atoms with Crippen LogP contribution in [0.5, 0.6) is 0 Å². The Morgan fingerprint density at radius 1 is 0.885 bits per heavy atom. The highest BCUT2D eigenvalue weighted by Gasteiger charge is 2.10. The summed E-state index contributed by atoms with van der Waals surface area (Å²) in [5.41, 5.74) is 5.06. The van der Waals surface area contributed by atoms with E-state index in [1.807, 2.05) is 30.0 Å². The van der Waals surface area contributed by atoms with Crippen LogP contribution in [0, 0.1) is 6.92 Å². The zero-order valence-corrected chi connectivity index (χ0v) is 16.2. The van der Waals surface area contributed by atoms with Crippen molar-refractivity contribution in [2.24, 2.45) is 0 Å². The number of rotatable bonds is 5. The molecule has 0 aliphatic heterocycles. The number of fused-ring (bicyclic) bond motifs is 1. The van der Waals surface area contributed by atoms with Gasteiger partial charge < -0.3 is 4.57 Å². The van der Waals surface area contributed by atoms with Crippen molar-refractivity contribution in [3.05, 3.63) is 101 Å². The van der Waals surface area contributed by atoms with Gasteiger partial charge in [-0.1, -0.05) is 77.8 Å². The normalized spacial score (nSPS) is 11.2. The summed E-state index contributed by atoms with van der Waals surface area (Å²) in [4.78, 5) is 1.30. The Hall–Kier alpha value is -2.16. The number of benzene rings is 3. The quantitative estimate of drug-likeness (QED) is 0.341. The Morgan fingerprint density at radius 3 is 2.42 bits per heavy atom. The van der Waals surface area contributed by atoms with Gasteiger partial charge in [-0.2, -0.15) is 0 Å². The van der Waals surface area contributed by atoms with Crippen molar-refractivity contribution < 1.29 is 0 Å². The second kappa shape index (κ2) is 7.61. The maximum absolute atomic E-state index is 6.32. The van der Waals surface area contributed by atoms with Crippen LogP contribution < -0.4 is 0 Å². The average Bonchev–Trinajstić information content (AvgIpc) is 3.01. The molecule has 3 aromatic carbocycles. The van der Waals surface area contributed by atoms with E-state index < -0.39 is 0 Å². The third kappa shape index (κ3) is 3.67. The minimum absolute atomic E-state index is 0.836. The Balaban J connectivity index is 1.63. The monoisotopic (exact) mass is 377 g/mol. The number of hydrogen-bond donors (Lipinski definition) is 0. The van der Waals surface area contributed by atoms with Gasteiger partial charge in [0.15, 0.2) is 0 Å². The van der Waals surface area contributed by atoms with Gasteiger partial charge in [-0.05, 0) is 30.2 Å². The fourth-order valence-electron chi connectivity index (χ4n) is 3.12. The Bertz CT molecular complexity index is 1030. The Labute approximate surface area is 163 Å². The molecule has 0 saturated heterocycles. The van der Waals surface area contributed by atoms with E-state index in [0.29, 0.717) is 0 Å². The van der Waals surface area contributed by atoms with Crippen molar-refractivity contribution in [1.29, 1.82) is 0 Å². The molecule has 26 heavy (non-hydrogen) atoms. The summed E-state index contributed by atoms with van der Waals surface area (Å²) in [7, 11) is 0. The van der Waals surface area contributed by atoms with Crippen molar-refractivity contribution >= 4 is 34.3 Å². The van der Waals surface area contributed by atoms with Gasteiger partial charge in [-0.15, -0.1) is 11.8 Å². The first-order valence-electron chi connectivity index (χ1n) is 8.70. The van der Waals surface area contributed by atoms with Crippen molar-refractivity contribution in [1.82, 2.24) is 4.57 Å². The predicted octanol–water partition coefficient (Wildman–Crippen LogP) is 6.94. The van der Waals surface area contributed by atoms with Gasteiger partial charge in [-0.25, -0.2) is 0 Å².